The van der Waals surface area contributed by atoms with E-state index >= 15 is 0 Å². The van der Waals surface area contributed by atoms with Crippen LogP contribution >= 0.6 is 0 Å². The van der Waals surface area contributed by atoms with Gasteiger partial charge in [-0.25, -0.2) is 0 Å². The van der Waals surface area contributed by atoms with Gasteiger partial charge < -0.3 is 15.7 Å². The first-order valence-corrected chi connectivity index (χ1v) is 9.47. The summed E-state index contributed by atoms with van der Waals surface area (Å²) in [4.78, 5) is 12.5. The predicted octanol–water partition coefficient (Wildman–Crippen LogP) is 3.92. The average molecular weight is 352 g/mol. The van der Waals surface area contributed by atoms with Gasteiger partial charge in [0.15, 0.2) is 0 Å². The summed E-state index contributed by atoms with van der Waals surface area (Å²) >= 11 is 0. The number of aliphatic hydroxyl groups is 1. The second-order valence-electron chi connectivity index (χ2n) is 7.19. The van der Waals surface area contributed by atoms with E-state index in [1.54, 1.807) is 0 Å². The Hall–Kier alpha value is -2.33. The average Bonchev–Trinajstić information content (AvgIpc) is 2.72. The standard InChI is InChI=1S/C22H28N2O2/c1-23-21-11-9-18(10-12-21)19-3-2-4-20(13-19)22(26)24-14-16-5-7-17(15-25)8-6-16/h2-4,9-13,16-17,23,25H,5-8,14-15H2,1H3,(H,24,26). The smallest absolute Gasteiger partial charge is 0.251 e. The molecular weight excluding hydrogens is 324 g/mol. The van der Waals surface area contributed by atoms with Crippen molar-refractivity contribution < 1.29 is 9.90 Å². The fourth-order valence-corrected chi connectivity index (χ4v) is 3.63. The molecular formula is C22H28N2O2. The zero-order valence-corrected chi connectivity index (χ0v) is 15.4. The number of hydrogen-bond acceptors (Lipinski definition) is 3. The number of carbonyl (C=O) groups excluding carboxylic acids is 1. The third-order valence-corrected chi connectivity index (χ3v) is 5.41. The minimum atomic E-state index is -0.0111. The number of aliphatic hydroxyl groups excluding tert-OH is 1. The highest BCUT2D eigenvalue weighted by atomic mass is 16.3. The van der Waals surface area contributed by atoms with Crippen molar-refractivity contribution in [1.82, 2.24) is 5.32 Å². The number of amides is 1. The van der Waals surface area contributed by atoms with Crippen molar-refractivity contribution in [3.63, 3.8) is 0 Å². The molecule has 0 atom stereocenters. The molecule has 1 aliphatic carbocycles. The molecule has 0 unspecified atom stereocenters. The van der Waals surface area contributed by atoms with Gasteiger partial charge in [0, 0.05) is 31.5 Å². The lowest BCUT2D eigenvalue weighted by atomic mass is 9.82. The molecule has 2 aromatic carbocycles. The van der Waals surface area contributed by atoms with Crippen LogP contribution in [0.25, 0.3) is 11.1 Å². The number of anilines is 1. The summed E-state index contributed by atoms with van der Waals surface area (Å²) < 4.78 is 0. The molecule has 1 saturated carbocycles. The maximum atomic E-state index is 12.5. The Labute approximate surface area is 155 Å². The molecule has 26 heavy (non-hydrogen) atoms. The second-order valence-corrected chi connectivity index (χ2v) is 7.19. The van der Waals surface area contributed by atoms with Gasteiger partial charge in [0.1, 0.15) is 0 Å². The van der Waals surface area contributed by atoms with E-state index in [2.05, 4.69) is 22.8 Å². The zero-order chi connectivity index (χ0) is 18.4. The number of benzene rings is 2. The van der Waals surface area contributed by atoms with Crippen LogP contribution in [-0.2, 0) is 0 Å². The van der Waals surface area contributed by atoms with E-state index in [4.69, 9.17) is 0 Å². The third-order valence-electron chi connectivity index (χ3n) is 5.41. The Kier molecular flexibility index (Phi) is 6.29. The number of carbonyl (C=O) groups is 1. The quantitative estimate of drug-likeness (QED) is 0.738. The van der Waals surface area contributed by atoms with Crippen LogP contribution in [0, 0.1) is 11.8 Å². The monoisotopic (exact) mass is 352 g/mol. The number of nitrogens with one attached hydrogen (secondary N) is 2. The van der Waals surface area contributed by atoms with Crippen LogP contribution < -0.4 is 10.6 Å². The van der Waals surface area contributed by atoms with Gasteiger partial charge in [-0.15, -0.1) is 0 Å². The van der Waals surface area contributed by atoms with E-state index in [1.807, 2.05) is 43.4 Å². The Morgan fingerprint density at radius 1 is 1.00 bits per heavy atom. The molecule has 0 aromatic heterocycles. The highest BCUT2D eigenvalue weighted by Gasteiger charge is 2.21. The summed E-state index contributed by atoms with van der Waals surface area (Å²) in [6.45, 7) is 1.01. The van der Waals surface area contributed by atoms with Gasteiger partial charge in [0.2, 0.25) is 0 Å². The first-order valence-electron chi connectivity index (χ1n) is 9.47. The van der Waals surface area contributed by atoms with Crippen molar-refractivity contribution in [2.24, 2.45) is 11.8 Å². The Balaban J connectivity index is 1.59. The van der Waals surface area contributed by atoms with Gasteiger partial charge in [0.25, 0.3) is 5.91 Å². The molecule has 1 fully saturated rings. The lowest BCUT2D eigenvalue weighted by molar-refractivity contribution is 0.0937. The molecule has 4 heteroatoms. The predicted molar refractivity (Wildman–Crippen MR) is 106 cm³/mol. The SMILES string of the molecule is CNc1ccc(-c2cccc(C(=O)NCC3CCC(CO)CC3)c2)cc1. The fraction of sp³-hybridized carbons (Fsp3) is 0.409. The molecule has 4 nitrogen and oxygen atoms in total. The summed E-state index contributed by atoms with van der Waals surface area (Å²) in [5.74, 6) is 0.968. The van der Waals surface area contributed by atoms with E-state index in [-0.39, 0.29) is 5.91 Å². The van der Waals surface area contributed by atoms with Crippen LogP contribution in [0.1, 0.15) is 36.0 Å². The fourth-order valence-electron chi connectivity index (χ4n) is 3.63. The second kappa shape index (κ2) is 8.86. The van der Waals surface area contributed by atoms with Crippen LogP contribution in [0.5, 0.6) is 0 Å². The number of rotatable bonds is 6. The van der Waals surface area contributed by atoms with Crippen LogP contribution in [0.15, 0.2) is 48.5 Å². The van der Waals surface area contributed by atoms with Crippen molar-refractivity contribution in [3.8, 4) is 11.1 Å². The minimum absolute atomic E-state index is 0.0111. The molecule has 3 N–H and O–H groups in total. The van der Waals surface area contributed by atoms with Crippen molar-refractivity contribution >= 4 is 11.6 Å². The van der Waals surface area contributed by atoms with Crippen molar-refractivity contribution in [2.45, 2.75) is 25.7 Å². The van der Waals surface area contributed by atoms with Crippen molar-refractivity contribution in [2.75, 3.05) is 25.5 Å². The van der Waals surface area contributed by atoms with Crippen LogP contribution in [0.4, 0.5) is 5.69 Å². The Bertz CT molecular complexity index is 719. The van der Waals surface area contributed by atoms with Gasteiger partial charge in [0.05, 0.1) is 0 Å². The highest BCUT2D eigenvalue weighted by Crippen LogP contribution is 2.28. The van der Waals surface area contributed by atoms with Crippen LogP contribution in [0.3, 0.4) is 0 Å². The summed E-state index contributed by atoms with van der Waals surface area (Å²) in [5.41, 5.74) is 3.91. The molecule has 0 bridgehead atoms. The highest BCUT2D eigenvalue weighted by molar-refractivity contribution is 5.95. The zero-order valence-electron chi connectivity index (χ0n) is 15.4. The third kappa shape index (κ3) is 4.64. The largest absolute Gasteiger partial charge is 0.396 e. The van der Waals surface area contributed by atoms with Gasteiger partial charge >= 0.3 is 0 Å². The normalized spacial score (nSPS) is 19.8. The van der Waals surface area contributed by atoms with Gasteiger partial charge in [-0.1, -0.05) is 24.3 Å². The summed E-state index contributed by atoms with van der Waals surface area (Å²) in [6, 6.07) is 16.0. The van der Waals surface area contributed by atoms with Gasteiger partial charge in [-0.05, 0) is 72.9 Å². The van der Waals surface area contributed by atoms with E-state index in [0.717, 1.165) is 49.0 Å². The first-order chi connectivity index (χ1) is 12.7. The van der Waals surface area contributed by atoms with E-state index in [0.29, 0.717) is 24.0 Å². The molecule has 0 radical (unpaired) electrons. The van der Waals surface area contributed by atoms with E-state index < -0.39 is 0 Å². The lowest BCUT2D eigenvalue weighted by Crippen LogP contribution is -2.31. The topological polar surface area (TPSA) is 61.4 Å². The first kappa shape index (κ1) is 18.5. The minimum Gasteiger partial charge on any atom is -0.396 e. The summed E-state index contributed by atoms with van der Waals surface area (Å²) in [7, 11) is 1.90. The summed E-state index contributed by atoms with van der Waals surface area (Å²) in [6.07, 6.45) is 4.30. The van der Waals surface area contributed by atoms with E-state index in [9.17, 15) is 9.90 Å². The van der Waals surface area contributed by atoms with Crippen molar-refractivity contribution in [1.29, 1.82) is 0 Å². The Morgan fingerprint density at radius 3 is 2.35 bits per heavy atom. The van der Waals surface area contributed by atoms with Crippen molar-refractivity contribution in [3.05, 3.63) is 54.1 Å². The maximum absolute atomic E-state index is 12.5. The van der Waals surface area contributed by atoms with Crippen LogP contribution in [0.2, 0.25) is 0 Å². The molecule has 0 heterocycles. The molecule has 0 spiro atoms. The molecule has 1 amide bonds. The lowest BCUT2D eigenvalue weighted by Gasteiger charge is -2.27. The molecule has 1 aliphatic rings. The Morgan fingerprint density at radius 2 is 1.69 bits per heavy atom. The van der Waals surface area contributed by atoms with E-state index in [1.165, 1.54) is 0 Å². The maximum Gasteiger partial charge on any atom is 0.251 e. The molecule has 0 aliphatic heterocycles. The molecule has 3 rings (SSSR count). The van der Waals surface area contributed by atoms with Gasteiger partial charge in [-0.3, -0.25) is 4.79 Å². The van der Waals surface area contributed by atoms with Gasteiger partial charge in [-0.2, -0.15) is 0 Å². The molecule has 138 valence electrons. The number of hydrogen-bond donors (Lipinski definition) is 3. The molecule has 0 saturated heterocycles. The summed E-state index contributed by atoms with van der Waals surface area (Å²) in [5, 5.41) is 15.4. The van der Waals surface area contributed by atoms with Crippen LogP contribution in [-0.4, -0.2) is 31.2 Å². The molecule has 2 aromatic rings.